The molecule has 0 saturated carbocycles. The number of nitrogens with one attached hydrogen (secondary N) is 2. The van der Waals surface area contributed by atoms with E-state index in [0.717, 1.165) is 18.5 Å². The number of aliphatic hydroxyl groups excluding tert-OH is 1. The van der Waals surface area contributed by atoms with Crippen LogP contribution in [0.3, 0.4) is 0 Å². The first-order valence-corrected chi connectivity index (χ1v) is 13.8. The maximum Gasteiger partial charge on any atom is 0.326 e. The number of fused-ring (bicyclic) bond motifs is 1. The first-order chi connectivity index (χ1) is 18.8. The molecule has 2 fully saturated rings. The Labute approximate surface area is 230 Å². The van der Waals surface area contributed by atoms with Crippen molar-refractivity contribution in [3.63, 3.8) is 0 Å². The Hall–Kier alpha value is -3.21. The van der Waals surface area contributed by atoms with Gasteiger partial charge in [-0.25, -0.2) is 9.18 Å². The third-order valence-corrected chi connectivity index (χ3v) is 7.97. The Balaban J connectivity index is 1.19. The topological polar surface area (TPSA) is 111 Å². The van der Waals surface area contributed by atoms with Crippen LogP contribution in [0.2, 0.25) is 5.02 Å². The van der Waals surface area contributed by atoms with Crippen molar-refractivity contribution in [2.24, 2.45) is 0 Å². The predicted octanol–water partition coefficient (Wildman–Crippen LogP) is 3.23. The SMILES string of the molecule is O=C(NCCCN1CCCC1=O)c1cc2[nH]c(=O)n(C3CCN(CC(O)c4ccc(Cl)cc4)CC3)c2cc1F. The minimum atomic E-state index is -0.689. The fourth-order valence-electron chi connectivity index (χ4n) is 5.59. The molecule has 2 aliphatic rings. The zero-order valence-corrected chi connectivity index (χ0v) is 22.4. The standard InChI is InChI=1S/C28H33ClFN5O4/c29-19-6-4-18(5-7-19)25(36)17-33-13-8-20(9-14-33)35-24-16-22(30)21(15-23(24)32-28(35)39)27(38)31-10-2-12-34-11-1-3-26(34)37/h4-7,15-16,20,25,36H,1-3,8-14,17H2,(H,31,38)(H,32,39). The molecule has 2 aliphatic heterocycles. The van der Waals surface area contributed by atoms with Crippen molar-refractivity contribution >= 4 is 34.4 Å². The highest BCUT2D eigenvalue weighted by Crippen LogP contribution is 2.28. The summed E-state index contributed by atoms with van der Waals surface area (Å²) in [6.07, 6.45) is 2.72. The summed E-state index contributed by atoms with van der Waals surface area (Å²) in [5.41, 5.74) is 1.18. The van der Waals surface area contributed by atoms with E-state index in [-0.39, 0.29) is 23.2 Å². The highest BCUT2D eigenvalue weighted by atomic mass is 35.5. The van der Waals surface area contributed by atoms with E-state index in [2.05, 4.69) is 15.2 Å². The molecule has 1 aromatic heterocycles. The smallest absolute Gasteiger partial charge is 0.326 e. The summed E-state index contributed by atoms with van der Waals surface area (Å²) >= 11 is 5.93. The van der Waals surface area contributed by atoms with E-state index < -0.39 is 17.8 Å². The van der Waals surface area contributed by atoms with Gasteiger partial charge in [0.25, 0.3) is 5.91 Å². The average Bonchev–Trinajstić information content (AvgIpc) is 3.47. The molecule has 0 radical (unpaired) electrons. The van der Waals surface area contributed by atoms with Crippen LogP contribution in [0, 0.1) is 5.82 Å². The third-order valence-electron chi connectivity index (χ3n) is 7.72. The Morgan fingerprint density at radius 1 is 1.15 bits per heavy atom. The molecule has 3 heterocycles. The fourth-order valence-corrected chi connectivity index (χ4v) is 5.71. The lowest BCUT2D eigenvalue weighted by Gasteiger charge is -2.33. The number of imidazole rings is 1. The van der Waals surface area contributed by atoms with Gasteiger partial charge in [0, 0.05) is 62.8 Å². The third kappa shape index (κ3) is 6.18. The van der Waals surface area contributed by atoms with E-state index in [1.807, 2.05) is 12.1 Å². The fraction of sp³-hybridized carbons (Fsp3) is 0.464. The van der Waals surface area contributed by atoms with Crippen LogP contribution in [0.1, 0.15) is 60.2 Å². The molecule has 1 unspecified atom stereocenters. The second-order valence-electron chi connectivity index (χ2n) is 10.3. The van der Waals surface area contributed by atoms with Gasteiger partial charge in [0.05, 0.1) is 22.7 Å². The monoisotopic (exact) mass is 557 g/mol. The largest absolute Gasteiger partial charge is 0.387 e. The molecular formula is C28H33ClFN5O4. The second kappa shape index (κ2) is 11.9. The number of aromatic amines is 1. The lowest BCUT2D eigenvalue weighted by atomic mass is 10.0. The first-order valence-electron chi connectivity index (χ1n) is 13.5. The molecule has 0 aliphatic carbocycles. The van der Waals surface area contributed by atoms with Crippen LogP contribution >= 0.6 is 11.6 Å². The van der Waals surface area contributed by atoms with Crippen molar-refractivity contribution < 1.29 is 19.1 Å². The quantitative estimate of drug-likeness (QED) is 0.350. The number of carbonyl (C=O) groups is 2. The van der Waals surface area contributed by atoms with Crippen LogP contribution in [0.4, 0.5) is 4.39 Å². The molecule has 3 N–H and O–H groups in total. The molecule has 2 aromatic carbocycles. The number of aromatic nitrogens is 2. The number of nitrogens with zero attached hydrogens (tertiary/aromatic N) is 3. The van der Waals surface area contributed by atoms with Gasteiger partial charge in [-0.3, -0.25) is 14.2 Å². The van der Waals surface area contributed by atoms with Gasteiger partial charge in [-0.2, -0.15) is 0 Å². The number of H-pyrrole nitrogens is 1. The molecule has 9 nitrogen and oxygen atoms in total. The highest BCUT2D eigenvalue weighted by molar-refractivity contribution is 6.30. The van der Waals surface area contributed by atoms with Gasteiger partial charge in [-0.05, 0) is 49.4 Å². The lowest BCUT2D eigenvalue weighted by Crippen LogP contribution is -2.39. The highest BCUT2D eigenvalue weighted by Gasteiger charge is 2.26. The number of carbonyl (C=O) groups excluding carboxylic acids is 2. The number of benzene rings is 2. The number of aliphatic hydroxyl groups is 1. The average molecular weight is 558 g/mol. The summed E-state index contributed by atoms with van der Waals surface area (Å²) < 4.78 is 16.6. The van der Waals surface area contributed by atoms with E-state index in [0.29, 0.717) is 74.5 Å². The number of rotatable bonds is 9. The summed E-state index contributed by atoms with van der Waals surface area (Å²) in [7, 11) is 0. The predicted molar refractivity (Wildman–Crippen MR) is 146 cm³/mol. The normalized spacial score (nSPS) is 17.7. The number of halogens is 2. The lowest BCUT2D eigenvalue weighted by molar-refractivity contribution is -0.127. The molecule has 39 heavy (non-hydrogen) atoms. The minimum Gasteiger partial charge on any atom is -0.387 e. The van der Waals surface area contributed by atoms with Crippen LogP contribution in [0.25, 0.3) is 11.0 Å². The van der Waals surface area contributed by atoms with Crippen molar-refractivity contribution in [3.8, 4) is 0 Å². The molecule has 11 heteroatoms. The van der Waals surface area contributed by atoms with E-state index in [4.69, 9.17) is 11.6 Å². The minimum absolute atomic E-state index is 0.123. The van der Waals surface area contributed by atoms with E-state index in [1.165, 1.54) is 12.1 Å². The summed E-state index contributed by atoms with van der Waals surface area (Å²) in [5, 5.41) is 13.9. The maximum atomic E-state index is 15.0. The Morgan fingerprint density at radius 2 is 1.90 bits per heavy atom. The van der Waals surface area contributed by atoms with Crippen LogP contribution in [-0.2, 0) is 4.79 Å². The molecule has 3 aromatic rings. The van der Waals surface area contributed by atoms with Crippen molar-refractivity contribution in [2.45, 2.75) is 44.2 Å². The summed E-state index contributed by atoms with van der Waals surface area (Å²) in [5.74, 6) is -1.11. The number of β-amino-alcohol motifs (C(OH)–C–C–N with tert-alkyl or cyclic N) is 1. The molecule has 2 saturated heterocycles. The van der Waals surface area contributed by atoms with Crippen LogP contribution in [0.15, 0.2) is 41.2 Å². The molecular weight excluding hydrogens is 525 g/mol. The zero-order valence-electron chi connectivity index (χ0n) is 21.7. The van der Waals surface area contributed by atoms with Crippen molar-refractivity contribution in [1.29, 1.82) is 0 Å². The number of piperidine rings is 1. The number of hydrogen-bond acceptors (Lipinski definition) is 5. The summed E-state index contributed by atoms with van der Waals surface area (Å²) in [6.45, 7) is 3.46. The Kier molecular flexibility index (Phi) is 8.34. The van der Waals surface area contributed by atoms with Crippen LogP contribution < -0.4 is 11.0 Å². The second-order valence-corrected chi connectivity index (χ2v) is 10.8. The number of amides is 2. The maximum absolute atomic E-state index is 15.0. The Morgan fingerprint density at radius 3 is 2.59 bits per heavy atom. The van der Waals surface area contributed by atoms with Gasteiger partial charge in [0.15, 0.2) is 0 Å². The van der Waals surface area contributed by atoms with E-state index >= 15 is 4.39 Å². The molecule has 1 atom stereocenters. The van der Waals surface area contributed by atoms with Gasteiger partial charge in [-0.1, -0.05) is 23.7 Å². The molecule has 0 spiro atoms. The zero-order chi connectivity index (χ0) is 27.5. The van der Waals surface area contributed by atoms with Gasteiger partial charge in [0.1, 0.15) is 5.82 Å². The van der Waals surface area contributed by atoms with E-state index in [1.54, 1.807) is 21.6 Å². The number of hydrogen-bond donors (Lipinski definition) is 3. The number of likely N-dealkylation sites (tertiary alicyclic amines) is 2. The molecule has 0 bridgehead atoms. The van der Waals surface area contributed by atoms with Crippen LogP contribution in [0.5, 0.6) is 0 Å². The van der Waals surface area contributed by atoms with Crippen molar-refractivity contribution in [1.82, 2.24) is 24.7 Å². The van der Waals surface area contributed by atoms with Crippen LogP contribution in [-0.4, -0.2) is 75.5 Å². The first kappa shape index (κ1) is 27.4. The molecule has 5 rings (SSSR count). The van der Waals surface area contributed by atoms with Gasteiger partial charge >= 0.3 is 5.69 Å². The van der Waals surface area contributed by atoms with Crippen molar-refractivity contribution in [3.05, 3.63) is 68.8 Å². The van der Waals surface area contributed by atoms with Gasteiger partial charge in [0.2, 0.25) is 5.91 Å². The molecule has 208 valence electrons. The summed E-state index contributed by atoms with van der Waals surface area (Å²) in [4.78, 5) is 43.9. The van der Waals surface area contributed by atoms with Crippen molar-refractivity contribution in [2.75, 3.05) is 39.3 Å². The Bertz CT molecular complexity index is 1400. The summed E-state index contributed by atoms with van der Waals surface area (Å²) in [6, 6.07) is 9.64. The van der Waals surface area contributed by atoms with E-state index in [9.17, 15) is 19.5 Å². The molecule has 2 amide bonds. The van der Waals surface area contributed by atoms with Gasteiger partial charge in [-0.15, -0.1) is 0 Å². The van der Waals surface area contributed by atoms with Gasteiger partial charge < -0.3 is 25.2 Å².